The Kier molecular flexibility index (Phi) is 7.75. The number of benzene rings is 2. The fourth-order valence-electron chi connectivity index (χ4n) is 2.65. The molecule has 3 aromatic rings. The Hall–Kier alpha value is -4.04. The second kappa shape index (κ2) is 10.7. The van der Waals surface area contributed by atoms with E-state index in [4.69, 9.17) is 16.3 Å². The van der Waals surface area contributed by atoms with E-state index in [2.05, 4.69) is 32.4 Å². The Morgan fingerprint density at radius 1 is 1.24 bits per heavy atom. The first-order valence-electron chi connectivity index (χ1n) is 9.52. The van der Waals surface area contributed by atoms with E-state index in [1.807, 2.05) is 0 Å². The van der Waals surface area contributed by atoms with Crippen LogP contribution in [0, 0.1) is 17.7 Å². The highest BCUT2D eigenvalue weighted by molar-refractivity contribution is 6.30. The van der Waals surface area contributed by atoms with Crippen LogP contribution in [0.25, 0.3) is 11.4 Å². The number of aromatic nitrogens is 2. The summed E-state index contributed by atoms with van der Waals surface area (Å²) in [5.74, 6) is 3.54. The van der Waals surface area contributed by atoms with Gasteiger partial charge in [0.2, 0.25) is 6.41 Å². The van der Waals surface area contributed by atoms with Gasteiger partial charge in [-0.05, 0) is 36.4 Å². The number of hydrogen-bond donors (Lipinski definition) is 3. The molecule has 0 saturated heterocycles. The van der Waals surface area contributed by atoms with Gasteiger partial charge in [0.25, 0.3) is 0 Å². The molecule has 0 aliphatic rings. The smallest absolute Gasteiger partial charge is 0.432 e. The number of alkyl halides is 3. The maximum atomic E-state index is 13.3. The number of rotatable bonds is 7. The zero-order chi connectivity index (χ0) is 24.7. The fraction of sp³-hybridized carbons (Fsp3) is 0.136. The summed E-state index contributed by atoms with van der Waals surface area (Å²) in [6.07, 6.45) is -3.46. The van der Waals surface area contributed by atoms with E-state index < -0.39 is 23.6 Å². The van der Waals surface area contributed by atoms with Gasteiger partial charge in [-0.15, -0.1) is 0 Å². The summed E-state index contributed by atoms with van der Waals surface area (Å²) in [5.41, 5.74) is -0.397. The zero-order valence-corrected chi connectivity index (χ0v) is 17.9. The van der Waals surface area contributed by atoms with E-state index in [9.17, 15) is 27.2 Å². The maximum absolute atomic E-state index is 13.3. The number of imidazole rings is 1. The summed E-state index contributed by atoms with van der Waals surface area (Å²) in [7, 11) is 0. The molecule has 0 unspecified atom stereocenters. The monoisotopic (exact) mass is 494 g/mol. The van der Waals surface area contributed by atoms with Crippen molar-refractivity contribution in [1.29, 1.82) is 0 Å². The number of aromatic amines is 1. The van der Waals surface area contributed by atoms with Gasteiger partial charge in [0.1, 0.15) is 29.7 Å². The van der Waals surface area contributed by atoms with Gasteiger partial charge in [0.05, 0.1) is 23.5 Å². The highest BCUT2D eigenvalue weighted by Gasteiger charge is 2.33. The van der Waals surface area contributed by atoms with Gasteiger partial charge in [-0.25, -0.2) is 9.37 Å². The number of halogens is 5. The number of amides is 2. The summed E-state index contributed by atoms with van der Waals surface area (Å²) >= 11 is 5.69. The minimum atomic E-state index is -4.60. The van der Waals surface area contributed by atoms with E-state index in [-0.39, 0.29) is 41.0 Å². The van der Waals surface area contributed by atoms with Crippen molar-refractivity contribution in [1.82, 2.24) is 15.3 Å². The highest BCUT2D eigenvalue weighted by atomic mass is 35.5. The summed E-state index contributed by atoms with van der Waals surface area (Å²) in [6, 6.07) is 7.92. The van der Waals surface area contributed by atoms with Crippen LogP contribution < -0.4 is 15.4 Å². The van der Waals surface area contributed by atoms with Gasteiger partial charge in [-0.2, -0.15) is 13.2 Å². The summed E-state index contributed by atoms with van der Waals surface area (Å²) < 4.78 is 57.4. The fourth-order valence-corrected chi connectivity index (χ4v) is 2.83. The number of hydrogen-bond acceptors (Lipinski definition) is 4. The van der Waals surface area contributed by atoms with Crippen LogP contribution in [-0.4, -0.2) is 35.4 Å². The van der Waals surface area contributed by atoms with Crippen LogP contribution >= 0.6 is 11.6 Å². The minimum absolute atomic E-state index is 0.0552. The molecule has 0 aliphatic heterocycles. The average Bonchev–Trinajstić information content (AvgIpc) is 3.29. The first kappa shape index (κ1) is 24.6. The maximum Gasteiger partial charge on any atom is 0.432 e. The lowest BCUT2D eigenvalue weighted by Crippen LogP contribution is -2.19. The highest BCUT2D eigenvalue weighted by Crippen LogP contribution is 2.32. The van der Waals surface area contributed by atoms with Crippen molar-refractivity contribution >= 4 is 29.6 Å². The van der Waals surface area contributed by atoms with Crippen LogP contribution in [0.4, 0.5) is 23.2 Å². The van der Waals surface area contributed by atoms with Crippen molar-refractivity contribution in [3.05, 3.63) is 64.7 Å². The molecule has 0 atom stereocenters. The molecule has 0 aliphatic carbocycles. The predicted molar refractivity (Wildman–Crippen MR) is 116 cm³/mol. The molecule has 3 N–H and O–H groups in total. The predicted octanol–water partition coefficient (Wildman–Crippen LogP) is 4.00. The molecule has 0 spiro atoms. The molecule has 0 fully saturated rings. The average molecular weight is 495 g/mol. The lowest BCUT2D eigenvalue weighted by atomic mass is 10.1. The van der Waals surface area contributed by atoms with Crippen molar-refractivity contribution in [3.8, 4) is 29.0 Å². The molecule has 1 heterocycles. The standard InChI is InChI=1S/C22H15ClF4N4O3/c23-15-9-13(1-4-16(15)24)2-6-20(33)30-17-10-14(3-5-18(17)34-8-7-28-12-32)21-29-11-19(31-21)22(25,26)27/h1,3-5,9-12H,7-8H2,(H,28,32)(H,29,31)(H,30,33). The molecule has 12 heteroatoms. The molecule has 0 bridgehead atoms. The molecule has 0 radical (unpaired) electrons. The number of nitrogens with zero attached hydrogens (tertiary/aromatic N) is 1. The first-order valence-corrected chi connectivity index (χ1v) is 9.89. The van der Waals surface area contributed by atoms with Crippen LogP contribution in [-0.2, 0) is 15.8 Å². The molecule has 7 nitrogen and oxygen atoms in total. The SMILES string of the molecule is O=CNCCOc1ccc(-c2ncc(C(F)(F)F)[nH]2)cc1NC(=O)C#Cc1ccc(F)c(Cl)c1. The third-order valence-electron chi connectivity index (χ3n) is 4.21. The largest absolute Gasteiger partial charge is 0.490 e. The van der Waals surface area contributed by atoms with E-state index in [0.717, 1.165) is 6.07 Å². The Balaban J connectivity index is 1.85. The number of nitrogens with one attached hydrogen (secondary N) is 3. The second-order valence-electron chi connectivity index (χ2n) is 6.61. The molecular weight excluding hydrogens is 480 g/mol. The first-order chi connectivity index (χ1) is 16.2. The number of ether oxygens (including phenoxy) is 1. The van der Waals surface area contributed by atoms with Crippen LogP contribution in [0.2, 0.25) is 5.02 Å². The van der Waals surface area contributed by atoms with Crippen LogP contribution in [0.3, 0.4) is 0 Å². The molecule has 0 saturated carbocycles. The topological polar surface area (TPSA) is 96.1 Å². The van der Waals surface area contributed by atoms with Crippen LogP contribution in [0.1, 0.15) is 11.3 Å². The van der Waals surface area contributed by atoms with Crippen molar-refractivity contribution in [3.63, 3.8) is 0 Å². The molecular formula is C22H15ClF4N4O3. The summed E-state index contributed by atoms with van der Waals surface area (Å²) in [5, 5.41) is 4.75. The summed E-state index contributed by atoms with van der Waals surface area (Å²) in [6.45, 7) is 0.233. The van der Waals surface area contributed by atoms with E-state index in [1.54, 1.807) is 0 Å². The zero-order valence-electron chi connectivity index (χ0n) is 17.1. The lowest BCUT2D eigenvalue weighted by Gasteiger charge is -2.12. The lowest BCUT2D eigenvalue weighted by molar-refractivity contribution is -0.140. The van der Waals surface area contributed by atoms with E-state index >= 15 is 0 Å². The molecule has 176 valence electrons. The molecule has 1 aromatic heterocycles. The Bertz CT molecular complexity index is 1270. The summed E-state index contributed by atoms with van der Waals surface area (Å²) in [4.78, 5) is 28.7. The van der Waals surface area contributed by atoms with Gasteiger partial charge in [0.15, 0.2) is 0 Å². The third-order valence-corrected chi connectivity index (χ3v) is 4.50. The normalized spacial score (nSPS) is 10.7. The van der Waals surface area contributed by atoms with Gasteiger partial charge in [0, 0.05) is 17.0 Å². The third kappa shape index (κ3) is 6.49. The van der Waals surface area contributed by atoms with Gasteiger partial charge >= 0.3 is 12.1 Å². The molecule has 34 heavy (non-hydrogen) atoms. The minimum Gasteiger partial charge on any atom is -0.490 e. The Morgan fingerprint density at radius 2 is 2.03 bits per heavy atom. The number of H-pyrrole nitrogens is 1. The van der Waals surface area contributed by atoms with Gasteiger partial charge in [-0.3, -0.25) is 9.59 Å². The number of carbonyl (C=O) groups is 2. The van der Waals surface area contributed by atoms with Gasteiger partial charge in [-0.1, -0.05) is 17.5 Å². The van der Waals surface area contributed by atoms with Crippen molar-refractivity contribution < 1.29 is 31.9 Å². The van der Waals surface area contributed by atoms with E-state index in [0.29, 0.717) is 18.2 Å². The molecule has 2 aromatic carbocycles. The number of anilines is 1. The molecule has 3 rings (SSSR count). The molecule has 2 amide bonds. The Labute approximate surface area is 195 Å². The van der Waals surface area contributed by atoms with Crippen molar-refractivity contribution in [2.75, 3.05) is 18.5 Å². The van der Waals surface area contributed by atoms with Gasteiger partial charge < -0.3 is 20.4 Å². The van der Waals surface area contributed by atoms with Crippen molar-refractivity contribution in [2.24, 2.45) is 0 Å². The number of carbonyl (C=O) groups excluding carboxylic acids is 2. The Morgan fingerprint density at radius 3 is 2.71 bits per heavy atom. The quantitative estimate of drug-likeness (QED) is 0.200. The van der Waals surface area contributed by atoms with Crippen molar-refractivity contribution in [2.45, 2.75) is 6.18 Å². The second-order valence-corrected chi connectivity index (χ2v) is 7.01. The van der Waals surface area contributed by atoms with E-state index in [1.165, 1.54) is 30.3 Å². The van der Waals surface area contributed by atoms with Crippen LogP contribution in [0.5, 0.6) is 5.75 Å². The van der Waals surface area contributed by atoms with Crippen LogP contribution in [0.15, 0.2) is 42.6 Å².